The number of fused-ring (bicyclic) bond motifs is 1. The molecule has 0 bridgehead atoms. The summed E-state index contributed by atoms with van der Waals surface area (Å²) < 4.78 is 5.51. The van der Waals surface area contributed by atoms with Gasteiger partial charge in [-0.2, -0.15) is 0 Å². The summed E-state index contributed by atoms with van der Waals surface area (Å²) in [6.07, 6.45) is 5.99. The van der Waals surface area contributed by atoms with Crippen LogP contribution in [0.4, 0.5) is 0 Å². The summed E-state index contributed by atoms with van der Waals surface area (Å²) in [7, 11) is 0. The van der Waals surface area contributed by atoms with Crippen molar-refractivity contribution < 1.29 is 14.7 Å². The van der Waals surface area contributed by atoms with Gasteiger partial charge >= 0.3 is 0 Å². The minimum Gasteiger partial charge on any atom is -0.381 e. The molecule has 126 valence electrons. The molecule has 1 fully saturated rings. The lowest BCUT2D eigenvalue weighted by molar-refractivity contribution is 0.0705. The van der Waals surface area contributed by atoms with E-state index >= 15 is 0 Å². The Morgan fingerprint density at radius 1 is 1.57 bits per heavy atom. The Balaban J connectivity index is 1.53. The van der Waals surface area contributed by atoms with Crippen molar-refractivity contribution in [2.45, 2.75) is 39.2 Å². The monoisotopic (exact) mass is 319 g/mol. The van der Waals surface area contributed by atoms with Gasteiger partial charge in [0.2, 0.25) is 0 Å². The van der Waals surface area contributed by atoms with E-state index < -0.39 is 5.91 Å². The summed E-state index contributed by atoms with van der Waals surface area (Å²) in [5.74, 6) is -0.505. The zero-order valence-electron chi connectivity index (χ0n) is 13.7. The Morgan fingerprint density at radius 3 is 3.17 bits per heavy atom. The Kier molecular flexibility index (Phi) is 4.94. The minimum atomic E-state index is -0.505. The van der Waals surface area contributed by atoms with Gasteiger partial charge in [-0.25, -0.2) is 5.48 Å². The van der Waals surface area contributed by atoms with E-state index in [0.29, 0.717) is 11.0 Å². The molecular formula is C17H25N3O3. The average molecular weight is 319 g/mol. The lowest BCUT2D eigenvalue weighted by Gasteiger charge is -2.29. The number of ether oxygens (including phenoxy) is 1. The normalized spacial score (nSPS) is 24.4. The second-order valence-electron chi connectivity index (χ2n) is 7.01. The van der Waals surface area contributed by atoms with E-state index in [2.05, 4.69) is 16.8 Å². The van der Waals surface area contributed by atoms with Crippen LogP contribution in [0.2, 0.25) is 0 Å². The molecule has 0 spiro atoms. The maximum absolute atomic E-state index is 11.4. The predicted octanol–water partition coefficient (Wildman–Crippen LogP) is 1.77. The molecule has 6 nitrogen and oxygen atoms in total. The SMILES string of the molecule is CC1(CCCN2CCc3cc(C(=O)NO)cnc3C2)CCOC1. The number of hydroxylamine groups is 1. The van der Waals surface area contributed by atoms with Crippen molar-refractivity contribution in [2.75, 3.05) is 26.3 Å². The largest absolute Gasteiger partial charge is 0.381 e. The smallest absolute Gasteiger partial charge is 0.276 e. The van der Waals surface area contributed by atoms with Crippen molar-refractivity contribution in [1.29, 1.82) is 0 Å². The van der Waals surface area contributed by atoms with Crippen LogP contribution < -0.4 is 5.48 Å². The lowest BCUT2D eigenvalue weighted by atomic mass is 9.85. The van der Waals surface area contributed by atoms with Crippen LogP contribution in [-0.4, -0.2) is 47.3 Å². The van der Waals surface area contributed by atoms with Crippen LogP contribution in [0, 0.1) is 5.41 Å². The van der Waals surface area contributed by atoms with E-state index in [1.54, 1.807) is 5.48 Å². The number of nitrogens with one attached hydrogen (secondary N) is 1. The number of hydrogen-bond acceptors (Lipinski definition) is 5. The van der Waals surface area contributed by atoms with Gasteiger partial charge in [0.1, 0.15) is 0 Å². The number of nitrogens with zero attached hydrogens (tertiary/aromatic N) is 2. The van der Waals surface area contributed by atoms with Gasteiger partial charge < -0.3 is 4.74 Å². The average Bonchev–Trinajstić information content (AvgIpc) is 3.00. The van der Waals surface area contributed by atoms with Gasteiger partial charge in [0.25, 0.3) is 5.91 Å². The van der Waals surface area contributed by atoms with Crippen LogP contribution in [-0.2, 0) is 17.7 Å². The first-order chi connectivity index (χ1) is 11.1. The Hall–Kier alpha value is -1.50. The van der Waals surface area contributed by atoms with Crippen molar-refractivity contribution in [3.63, 3.8) is 0 Å². The number of hydrogen-bond donors (Lipinski definition) is 2. The van der Waals surface area contributed by atoms with Gasteiger partial charge in [0.15, 0.2) is 0 Å². The number of rotatable bonds is 5. The Bertz CT molecular complexity index is 570. The molecule has 1 unspecified atom stereocenters. The molecule has 2 aliphatic heterocycles. The number of carbonyl (C=O) groups excluding carboxylic acids is 1. The van der Waals surface area contributed by atoms with E-state index in [9.17, 15) is 4.79 Å². The van der Waals surface area contributed by atoms with Crippen molar-refractivity contribution in [3.05, 3.63) is 29.1 Å². The maximum Gasteiger partial charge on any atom is 0.276 e. The van der Waals surface area contributed by atoms with Crippen LogP contribution in [0.15, 0.2) is 12.3 Å². The molecule has 0 aromatic carbocycles. The molecule has 1 aromatic rings. The van der Waals surface area contributed by atoms with Crippen molar-refractivity contribution in [2.24, 2.45) is 5.41 Å². The minimum absolute atomic E-state index is 0.360. The van der Waals surface area contributed by atoms with E-state index in [1.807, 2.05) is 6.07 Å². The molecule has 23 heavy (non-hydrogen) atoms. The second kappa shape index (κ2) is 6.95. The van der Waals surface area contributed by atoms with Gasteiger partial charge in [-0.1, -0.05) is 6.92 Å². The molecule has 1 aromatic heterocycles. The van der Waals surface area contributed by atoms with E-state index in [4.69, 9.17) is 9.94 Å². The third-order valence-electron chi connectivity index (χ3n) is 5.05. The molecule has 1 saturated heterocycles. The van der Waals surface area contributed by atoms with Gasteiger partial charge in [-0.05, 0) is 49.3 Å². The molecule has 0 radical (unpaired) electrons. The van der Waals surface area contributed by atoms with E-state index in [0.717, 1.165) is 50.5 Å². The van der Waals surface area contributed by atoms with Crippen molar-refractivity contribution in [3.8, 4) is 0 Å². The highest BCUT2D eigenvalue weighted by molar-refractivity contribution is 5.93. The number of carbonyl (C=O) groups is 1. The first-order valence-electron chi connectivity index (χ1n) is 8.32. The van der Waals surface area contributed by atoms with Crippen LogP contribution in [0.5, 0.6) is 0 Å². The summed E-state index contributed by atoms with van der Waals surface area (Å²) in [6.45, 7) is 7.03. The number of pyridine rings is 1. The molecule has 6 heteroatoms. The van der Waals surface area contributed by atoms with Gasteiger partial charge in [-0.15, -0.1) is 0 Å². The van der Waals surface area contributed by atoms with Gasteiger partial charge in [0, 0.05) is 25.9 Å². The quantitative estimate of drug-likeness (QED) is 0.639. The van der Waals surface area contributed by atoms with Crippen LogP contribution >= 0.6 is 0 Å². The summed E-state index contributed by atoms with van der Waals surface area (Å²) in [4.78, 5) is 18.3. The Morgan fingerprint density at radius 2 is 2.43 bits per heavy atom. The maximum atomic E-state index is 11.4. The van der Waals surface area contributed by atoms with Crippen LogP contribution in [0.25, 0.3) is 0 Å². The van der Waals surface area contributed by atoms with Crippen molar-refractivity contribution in [1.82, 2.24) is 15.4 Å². The van der Waals surface area contributed by atoms with Gasteiger partial charge in [0.05, 0.1) is 17.9 Å². The van der Waals surface area contributed by atoms with Crippen molar-refractivity contribution >= 4 is 5.91 Å². The number of amides is 1. The summed E-state index contributed by atoms with van der Waals surface area (Å²) >= 11 is 0. The first-order valence-corrected chi connectivity index (χ1v) is 8.32. The second-order valence-corrected chi connectivity index (χ2v) is 7.01. The highest BCUT2D eigenvalue weighted by Gasteiger charge is 2.29. The van der Waals surface area contributed by atoms with Gasteiger partial charge in [-0.3, -0.25) is 19.9 Å². The zero-order chi connectivity index (χ0) is 16.3. The van der Waals surface area contributed by atoms with E-state index in [-0.39, 0.29) is 0 Å². The zero-order valence-corrected chi connectivity index (χ0v) is 13.7. The molecule has 0 saturated carbocycles. The molecule has 3 rings (SSSR count). The molecule has 1 atom stereocenters. The summed E-state index contributed by atoms with van der Waals surface area (Å²) in [5, 5.41) is 8.70. The standard InChI is InChI=1S/C17H25N3O3/c1-17(5-8-23-12-17)4-2-6-20-7-3-13-9-14(16(21)19-22)10-18-15(13)11-20/h9-10,22H,2-8,11-12H2,1H3,(H,19,21). The van der Waals surface area contributed by atoms with E-state index in [1.165, 1.54) is 25.5 Å². The third kappa shape index (κ3) is 3.88. The summed E-state index contributed by atoms with van der Waals surface area (Å²) in [6, 6.07) is 1.84. The molecule has 2 N–H and O–H groups in total. The third-order valence-corrected chi connectivity index (χ3v) is 5.05. The predicted molar refractivity (Wildman–Crippen MR) is 85.2 cm³/mol. The molecule has 0 aliphatic carbocycles. The summed E-state index contributed by atoms with van der Waals surface area (Å²) in [5.41, 5.74) is 4.58. The fraction of sp³-hybridized carbons (Fsp3) is 0.647. The molecule has 1 amide bonds. The Labute approximate surface area is 136 Å². The lowest BCUT2D eigenvalue weighted by Crippen LogP contribution is -2.33. The fourth-order valence-corrected chi connectivity index (χ4v) is 3.48. The fourth-order valence-electron chi connectivity index (χ4n) is 3.48. The van der Waals surface area contributed by atoms with Crippen LogP contribution in [0.3, 0.4) is 0 Å². The topological polar surface area (TPSA) is 74.7 Å². The van der Waals surface area contributed by atoms with Crippen LogP contribution in [0.1, 0.15) is 47.8 Å². The first kappa shape index (κ1) is 16.4. The highest BCUT2D eigenvalue weighted by Crippen LogP contribution is 2.33. The molecular weight excluding hydrogens is 294 g/mol. The molecule has 3 heterocycles. The highest BCUT2D eigenvalue weighted by atomic mass is 16.5. The number of aromatic nitrogens is 1. The molecule has 2 aliphatic rings.